The number of likely N-dealkylation sites (N-methyl/N-ethyl adjacent to an activating group) is 1. The maximum Gasteiger partial charge on any atom is 0.303 e. The predicted molar refractivity (Wildman–Crippen MR) is 77.5 cm³/mol. The lowest BCUT2D eigenvalue weighted by Gasteiger charge is -2.43. The second-order valence-electron chi connectivity index (χ2n) is 6.32. The number of rotatable bonds is 7. The second kappa shape index (κ2) is 7.22. The fraction of sp³-hybridized carbons (Fsp3) is 0.929. The van der Waals surface area contributed by atoms with E-state index in [1.807, 2.05) is 0 Å². The number of carboxylic acid groups (broad SMARTS) is 1. The molecule has 1 rings (SSSR count). The zero-order chi connectivity index (χ0) is 14.5. The minimum Gasteiger partial charge on any atom is -0.481 e. The first-order valence-corrected chi connectivity index (χ1v) is 7.20. The Labute approximate surface area is 117 Å². The molecule has 1 aliphatic rings. The minimum absolute atomic E-state index is 0.124. The molecule has 0 amide bonds. The first-order chi connectivity index (χ1) is 8.81. The Kier molecular flexibility index (Phi) is 6.23. The van der Waals surface area contributed by atoms with Crippen LogP contribution in [0.3, 0.4) is 0 Å². The van der Waals surface area contributed by atoms with E-state index in [9.17, 15) is 4.79 Å². The number of carbonyl (C=O) groups is 1. The molecule has 0 aromatic heterocycles. The van der Waals surface area contributed by atoms with Gasteiger partial charge in [0, 0.05) is 50.7 Å². The molecule has 0 bridgehead atoms. The molecule has 5 nitrogen and oxygen atoms in total. The van der Waals surface area contributed by atoms with Crippen LogP contribution >= 0.6 is 0 Å². The van der Waals surface area contributed by atoms with Crippen molar-refractivity contribution in [3.8, 4) is 0 Å². The lowest BCUT2D eigenvalue weighted by Crippen LogP contribution is -2.58. The van der Waals surface area contributed by atoms with Crippen molar-refractivity contribution in [1.82, 2.24) is 15.1 Å². The summed E-state index contributed by atoms with van der Waals surface area (Å²) < 4.78 is 0. The van der Waals surface area contributed by atoms with Gasteiger partial charge in [-0.25, -0.2) is 0 Å². The van der Waals surface area contributed by atoms with Gasteiger partial charge in [-0.1, -0.05) is 0 Å². The standard InChI is InChI=1S/C14H29N3O2/c1-12(5-6-13(18)19)15-11-14(2,3)17-9-7-16(4)8-10-17/h12,15H,5-11H2,1-4H3,(H,18,19). The summed E-state index contributed by atoms with van der Waals surface area (Å²) in [6.45, 7) is 11.9. The van der Waals surface area contributed by atoms with Crippen LogP contribution in [-0.2, 0) is 4.79 Å². The van der Waals surface area contributed by atoms with Gasteiger partial charge in [0.15, 0.2) is 0 Å². The van der Waals surface area contributed by atoms with Crippen molar-refractivity contribution in [2.75, 3.05) is 39.8 Å². The first-order valence-electron chi connectivity index (χ1n) is 7.20. The topological polar surface area (TPSA) is 55.8 Å². The highest BCUT2D eigenvalue weighted by Gasteiger charge is 2.29. The van der Waals surface area contributed by atoms with Crippen LogP contribution in [0, 0.1) is 0 Å². The van der Waals surface area contributed by atoms with Crippen molar-refractivity contribution >= 4 is 5.97 Å². The molecule has 2 N–H and O–H groups in total. The van der Waals surface area contributed by atoms with E-state index < -0.39 is 5.97 Å². The Balaban J connectivity index is 2.31. The Morgan fingerprint density at radius 2 is 1.89 bits per heavy atom. The van der Waals surface area contributed by atoms with E-state index in [1.54, 1.807) is 0 Å². The summed E-state index contributed by atoms with van der Waals surface area (Å²) >= 11 is 0. The zero-order valence-electron chi connectivity index (χ0n) is 12.8. The van der Waals surface area contributed by atoms with Gasteiger partial charge in [0.25, 0.3) is 0 Å². The van der Waals surface area contributed by atoms with Gasteiger partial charge < -0.3 is 15.3 Å². The number of piperazine rings is 1. The molecule has 5 heteroatoms. The predicted octanol–water partition coefficient (Wildman–Crippen LogP) is 0.855. The van der Waals surface area contributed by atoms with Crippen LogP contribution in [0.25, 0.3) is 0 Å². The highest BCUT2D eigenvalue weighted by molar-refractivity contribution is 5.66. The van der Waals surface area contributed by atoms with Crippen LogP contribution in [0.2, 0.25) is 0 Å². The third-order valence-electron chi connectivity index (χ3n) is 4.03. The van der Waals surface area contributed by atoms with E-state index in [2.05, 4.69) is 42.9 Å². The van der Waals surface area contributed by atoms with Crippen LogP contribution in [0.15, 0.2) is 0 Å². The molecule has 1 heterocycles. The molecule has 1 saturated heterocycles. The van der Waals surface area contributed by atoms with Gasteiger partial charge in [0.1, 0.15) is 0 Å². The maximum atomic E-state index is 10.5. The van der Waals surface area contributed by atoms with Gasteiger partial charge in [0.2, 0.25) is 0 Å². The quantitative estimate of drug-likeness (QED) is 0.719. The molecule has 1 aliphatic heterocycles. The second-order valence-corrected chi connectivity index (χ2v) is 6.32. The lowest BCUT2D eigenvalue weighted by molar-refractivity contribution is -0.137. The van der Waals surface area contributed by atoms with Gasteiger partial charge in [-0.2, -0.15) is 0 Å². The maximum absolute atomic E-state index is 10.5. The van der Waals surface area contributed by atoms with Gasteiger partial charge >= 0.3 is 5.97 Å². The normalized spacial score (nSPS) is 20.4. The van der Waals surface area contributed by atoms with Crippen molar-refractivity contribution < 1.29 is 9.90 Å². The molecular formula is C14H29N3O2. The van der Waals surface area contributed by atoms with E-state index in [-0.39, 0.29) is 18.0 Å². The molecule has 0 aliphatic carbocycles. The molecule has 1 unspecified atom stereocenters. The Morgan fingerprint density at radius 1 is 1.32 bits per heavy atom. The third-order valence-corrected chi connectivity index (χ3v) is 4.03. The largest absolute Gasteiger partial charge is 0.481 e. The number of nitrogens with one attached hydrogen (secondary N) is 1. The Morgan fingerprint density at radius 3 is 2.42 bits per heavy atom. The number of aliphatic carboxylic acids is 1. The van der Waals surface area contributed by atoms with E-state index in [0.29, 0.717) is 6.42 Å². The van der Waals surface area contributed by atoms with E-state index in [4.69, 9.17) is 5.11 Å². The molecular weight excluding hydrogens is 242 g/mol. The lowest BCUT2D eigenvalue weighted by atomic mass is 10.0. The molecule has 1 atom stereocenters. The highest BCUT2D eigenvalue weighted by atomic mass is 16.4. The summed E-state index contributed by atoms with van der Waals surface area (Å²) in [5.41, 5.74) is 0.124. The number of carboxylic acids is 1. The van der Waals surface area contributed by atoms with Gasteiger partial charge in [-0.05, 0) is 34.2 Å². The summed E-state index contributed by atoms with van der Waals surface area (Å²) in [5.74, 6) is -0.716. The van der Waals surface area contributed by atoms with Crippen molar-refractivity contribution in [1.29, 1.82) is 0 Å². The van der Waals surface area contributed by atoms with Gasteiger partial charge in [0.05, 0.1) is 0 Å². The monoisotopic (exact) mass is 271 g/mol. The smallest absolute Gasteiger partial charge is 0.303 e. The Hall–Kier alpha value is -0.650. The van der Waals surface area contributed by atoms with E-state index >= 15 is 0 Å². The minimum atomic E-state index is -0.716. The van der Waals surface area contributed by atoms with Crippen molar-refractivity contribution in [3.63, 3.8) is 0 Å². The number of hydrogen-bond donors (Lipinski definition) is 2. The SMILES string of the molecule is CC(CCC(=O)O)NCC(C)(C)N1CCN(C)CC1. The molecule has 0 aromatic rings. The molecule has 0 saturated carbocycles. The van der Waals surface area contributed by atoms with Crippen LogP contribution < -0.4 is 5.32 Å². The summed E-state index contributed by atoms with van der Waals surface area (Å²) in [6, 6.07) is 0.253. The molecule has 0 radical (unpaired) electrons. The summed E-state index contributed by atoms with van der Waals surface area (Å²) in [6.07, 6.45) is 0.928. The summed E-state index contributed by atoms with van der Waals surface area (Å²) in [7, 11) is 2.16. The van der Waals surface area contributed by atoms with Crippen molar-refractivity contribution in [3.05, 3.63) is 0 Å². The number of hydrogen-bond acceptors (Lipinski definition) is 4. The molecule has 0 aromatic carbocycles. The average molecular weight is 271 g/mol. The van der Waals surface area contributed by atoms with Gasteiger partial charge in [-0.3, -0.25) is 9.69 Å². The fourth-order valence-electron chi connectivity index (χ4n) is 2.39. The van der Waals surface area contributed by atoms with Crippen molar-refractivity contribution in [2.45, 2.75) is 45.2 Å². The number of nitrogens with zero attached hydrogens (tertiary/aromatic N) is 2. The molecule has 112 valence electrons. The zero-order valence-corrected chi connectivity index (χ0v) is 12.8. The molecule has 0 spiro atoms. The summed E-state index contributed by atoms with van der Waals surface area (Å²) in [4.78, 5) is 15.4. The van der Waals surface area contributed by atoms with E-state index in [0.717, 1.165) is 32.7 Å². The molecule has 19 heavy (non-hydrogen) atoms. The van der Waals surface area contributed by atoms with Crippen LogP contribution in [0.5, 0.6) is 0 Å². The van der Waals surface area contributed by atoms with Crippen LogP contribution in [-0.4, -0.2) is 72.2 Å². The van der Waals surface area contributed by atoms with Gasteiger partial charge in [-0.15, -0.1) is 0 Å². The Bertz CT molecular complexity index is 286. The molecule has 1 fully saturated rings. The average Bonchev–Trinajstić information content (AvgIpc) is 2.34. The van der Waals surface area contributed by atoms with Crippen LogP contribution in [0.1, 0.15) is 33.6 Å². The third kappa shape index (κ3) is 5.89. The first kappa shape index (κ1) is 16.4. The summed E-state index contributed by atoms with van der Waals surface area (Å²) in [5, 5.41) is 12.1. The highest BCUT2D eigenvalue weighted by Crippen LogP contribution is 2.16. The van der Waals surface area contributed by atoms with Crippen LogP contribution in [0.4, 0.5) is 0 Å². The van der Waals surface area contributed by atoms with E-state index in [1.165, 1.54) is 0 Å². The van der Waals surface area contributed by atoms with Crippen molar-refractivity contribution in [2.24, 2.45) is 0 Å². The fourth-order valence-corrected chi connectivity index (χ4v) is 2.39.